The molecule has 0 spiro atoms. The van der Waals surface area contributed by atoms with Crippen molar-refractivity contribution in [2.45, 2.75) is 18.7 Å². The normalized spacial score (nSPS) is 10.1. The van der Waals surface area contributed by atoms with Gasteiger partial charge in [0.05, 0.1) is 5.56 Å². The van der Waals surface area contributed by atoms with Crippen molar-refractivity contribution in [1.29, 1.82) is 0 Å². The van der Waals surface area contributed by atoms with Gasteiger partial charge in [-0.05, 0) is 37.8 Å². The molecule has 1 N–H and O–H groups in total. The molecule has 1 aromatic carbocycles. The van der Waals surface area contributed by atoms with Crippen LogP contribution in [-0.4, -0.2) is 17.1 Å². The SMILES string of the molecule is CSc1cc(C)cc(C(C)=O)c1O. The maximum Gasteiger partial charge on any atom is 0.163 e. The van der Waals surface area contributed by atoms with E-state index >= 15 is 0 Å². The summed E-state index contributed by atoms with van der Waals surface area (Å²) in [5.41, 5.74) is 1.40. The maximum atomic E-state index is 11.1. The molecule has 0 saturated carbocycles. The Bertz CT molecular complexity index is 345. The summed E-state index contributed by atoms with van der Waals surface area (Å²) in [7, 11) is 0. The zero-order chi connectivity index (χ0) is 10.0. The van der Waals surface area contributed by atoms with Crippen molar-refractivity contribution in [3.63, 3.8) is 0 Å². The van der Waals surface area contributed by atoms with Gasteiger partial charge in [-0.1, -0.05) is 0 Å². The number of carbonyl (C=O) groups is 1. The van der Waals surface area contributed by atoms with Crippen LogP contribution in [0.3, 0.4) is 0 Å². The molecule has 0 aliphatic rings. The fourth-order valence-electron chi connectivity index (χ4n) is 1.17. The molecule has 0 fully saturated rings. The number of ketones is 1. The van der Waals surface area contributed by atoms with Gasteiger partial charge in [0.15, 0.2) is 5.78 Å². The van der Waals surface area contributed by atoms with Gasteiger partial charge in [0, 0.05) is 4.90 Å². The number of aromatic hydroxyl groups is 1. The molecule has 1 rings (SSSR count). The molecule has 13 heavy (non-hydrogen) atoms. The van der Waals surface area contributed by atoms with Crippen molar-refractivity contribution in [2.75, 3.05) is 6.26 Å². The largest absolute Gasteiger partial charge is 0.506 e. The van der Waals surface area contributed by atoms with Gasteiger partial charge in [0.1, 0.15) is 5.75 Å². The Kier molecular flexibility index (Phi) is 2.98. The zero-order valence-corrected chi connectivity index (χ0v) is 8.73. The predicted octanol–water partition coefficient (Wildman–Crippen LogP) is 2.63. The summed E-state index contributed by atoms with van der Waals surface area (Å²) < 4.78 is 0. The van der Waals surface area contributed by atoms with Crippen molar-refractivity contribution in [3.8, 4) is 5.75 Å². The summed E-state index contributed by atoms with van der Waals surface area (Å²) >= 11 is 1.44. The van der Waals surface area contributed by atoms with Crippen LogP contribution in [0, 0.1) is 6.92 Å². The van der Waals surface area contributed by atoms with Crippen LogP contribution in [0.15, 0.2) is 17.0 Å². The van der Waals surface area contributed by atoms with E-state index in [0.717, 1.165) is 10.5 Å². The molecule has 3 heteroatoms. The van der Waals surface area contributed by atoms with Crippen molar-refractivity contribution >= 4 is 17.5 Å². The second-order valence-corrected chi connectivity index (χ2v) is 3.77. The molecule has 0 unspecified atom stereocenters. The number of benzene rings is 1. The molecule has 0 heterocycles. The third-order valence-electron chi connectivity index (χ3n) is 1.82. The Hall–Kier alpha value is -0.960. The predicted molar refractivity (Wildman–Crippen MR) is 54.6 cm³/mol. The van der Waals surface area contributed by atoms with E-state index in [0.29, 0.717) is 5.56 Å². The van der Waals surface area contributed by atoms with Gasteiger partial charge in [-0.25, -0.2) is 0 Å². The van der Waals surface area contributed by atoms with Crippen LogP contribution < -0.4 is 0 Å². The Labute approximate surface area is 82.0 Å². The van der Waals surface area contributed by atoms with Gasteiger partial charge in [-0.3, -0.25) is 4.79 Å². The van der Waals surface area contributed by atoms with Gasteiger partial charge in [-0.15, -0.1) is 11.8 Å². The number of phenolic OH excluding ortho intramolecular Hbond substituents is 1. The van der Waals surface area contributed by atoms with Gasteiger partial charge in [-0.2, -0.15) is 0 Å². The minimum absolute atomic E-state index is 0.100. The van der Waals surface area contributed by atoms with E-state index in [4.69, 9.17) is 0 Å². The Balaban J connectivity index is 3.35. The number of phenols is 1. The molecule has 1 aromatic rings. The van der Waals surface area contributed by atoms with Crippen LogP contribution in [-0.2, 0) is 0 Å². The first-order valence-corrected chi connectivity index (χ1v) is 5.17. The lowest BCUT2D eigenvalue weighted by molar-refractivity contribution is 0.101. The minimum atomic E-state index is -0.100. The summed E-state index contributed by atoms with van der Waals surface area (Å²) in [4.78, 5) is 11.9. The molecule has 0 aliphatic carbocycles. The smallest absolute Gasteiger partial charge is 0.163 e. The maximum absolute atomic E-state index is 11.1. The molecule has 0 amide bonds. The summed E-state index contributed by atoms with van der Waals surface area (Å²) in [5.74, 6) is 0.00194. The Morgan fingerprint density at radius 3 is 2.54 bits per heavy atom. The van der Waals surface area contributed by atoms with Crippen LogP contribution in [0.5, 0.6) is 5.75 Å². The zero-order valence-electron chi connectivity index (χ0n) is 7.92. The number of thioether (sulfide) groups is 1. The molecule has 0 saturated heterocycles. The molecule has 70 valence electrons. The first-order chi connectivity index (χ1) is 6.06. The first-order valence-electron chi connectivity index (χ1n) is 3.94. The van der Waals surface area contributed by atoms with E-state index in [1.165, 1.54) is 18.7 Å². The van der Waals surface area contributed by atoms with Crippen LogP contribution >= 0.6 is 11.8 Å². The number of Topliss-reactive ketones (excluding diaryl/α,β-unsaturated/α-hetero) is 1. The van der Waals surface area contributed by atoms with Crippen LogP contribution in [0.2, 0.25) is 0 Å². The molecule has 0 radical (unpaired) electrons. The number of hydrogen-bond donors (Lipinski definition) is 1. The summed E-state index contributed by atoms with van der Waals surface area (Å²) in [6, 6.07) is 3.57. The van der Waals surface area contributed by atoms with E-state index in [1.54, 1.807) is 6.07 Å². The second-order valence-electron chi connectivity index (χ2n) is 2.92. The second kappa shape index (κ2) is 3.83. The van der Waals surface area contributed by atoms with Crippen molar-refractivity contribution in [3.05, 3.63) is 23.3 Å². The fourth-order valence-corrected chi connectivity index (χ4v) is 1.78. The summed E-state index contributed by atoms with van der Waals surface area (Å²) in [6.07, 6.45) is 1.87. The highest BCUT2D eigenvalue weighted by atomic mass is 32.2. The highest BCUT2D eigenvalue weighted by Crippen LogP contribution is 2.31. The van der Waals surface area contributed by atoms with Gasteiger partial charge in [0.25, 0.3) is 0 Å². The number of hydrogen-bond acceptors (Lipinski definition) is 3. The fraction of sp³-hybridized carbons (Fsp3) is 0.300. The third-order valence-corrected chi connectivity index (χ3v) is 2.57. The number of rotatable bonds is 2. The van der Waals surface area contributed by atoms with Crippen molar-refractivity contribution in [2.24, 2.45) is 0 Å². The summed E-state index contributed by atoms with van der Waals surface area (Å²) in [5, 5.41) is 9.64. The minimum Gasteiger partial charge on any atom is -0.506 e. The molecule has 2 nitrogen and oxygen atoms in total. The quantitative estimate of drug-likeness (QED) is 0.583. The van der Waals surface area contributed by atoms with Crippen LogP contribution in [0.4, 0.5) is 0 Å². The number of aryl methyl sites for hydroxylation is 1. The lowest BCUT2D eigenvalue weighted by Crippen LogP contribution is -1.94. The van der Waals surface area contributed by atoms with Crippen LogP contribution in [0.25, 0.3) is 0 Å². The topological polar surface area (TPSA) is 37.3 Å². The molecule has 0 aromatic heterocycles. The van der Waals surface area contributed by atoms with Crippen LogP contribution in [0.1, 0.15) is 22.8 Å². The van der Waals surface area contributed by atoms with Gasteiger partial charge < -0.3 is 5.11 Å². The Morgan fingerprint density at radius 2 is 2.08 bits per heavy atom. The third kappa shape index (κ3) is 2.04. The van der Waals surface area contributed by atoms with Crippen molar-refractivity contribution < 1.29 is 9.90 Å². The number of carbonyl (C=O) groups excluding carboxylic acids is 1. The molecular formula is C10H12O2S. The molecular weight excluding hydrogens is 184 g/mol. The highest BCUT2D eigenvalue weighted by Gasteiger charge is 2.10. The average molecular weight is 196 g/mol. The molecule has 0 aliphatic heterocycles. The lowest BCUT2D eigenvalue weighted by atomic mass is 10.1. The summed E-state index contributed by atoms with van der Waals surface area (Å²) in [6.45, 7) is 3.37. The average Bonchev–Trinajstić information content (AvgIpc) is 2.08. The van der Waals surface area contributed by atoms with Gasteiger partial charge in [0.2, 0.25) is 0 Å². The van der Waals surface area contributed by atoms with Crippen molar-refractivity contribution in [1.82, 2.24) is 0 Å². The highest BCUT2D eigenvalue weighted by molar-refractivity contribution is 7.98. The standard InChI is InChI=1S/C10H12O2S/c1-6-4-8(7(2)11)10(12)9(5-6)13-3/h4-5,12H,1-3H3. The van der Waals surface area contributed by atoms with Gasteiger partial charge >= 0.3 is 0 Å². The van der Waals surface area contributed by atoms with E-state index in [-0.39, 0.29) is 11.5 Å². The van der Waals surface area contributed by atoms with E-state index in [2.05, 4.69) is 0 Å². The molecule has 0 atom stereocenters. The lowest BCUT2D eigenvalue weighted by Gasteiger charge is -2.06. The van der Waals surface area contributed by atoms with E-state index in [1.807, 2.05) is 19.2 Å². The van der Waals surface area contributed by atoms with E-state index in [9.17, 15) is 9.90 Å². The first kappa shape index (κ1) is 10.1. The Morgan fingerprint density at radius 1 is 1.46 bits per heavy atom. The monoisotopic (exact) mass is 196 g/mol. The van der Waals surface area contributed by atoms with E-state index < -0.39 is 0 Å². The molecule has 0 bridgehead atoms.